The highest BCUT2D eigenvalue weighted by molar-refractivity contribution is 4.47. The molecule has 0 aromatic carbocycles. The Kier molecular flexibility index (Phi) is 43.3. The van der Waals surface area contributed by atoms with Gasteiger partial charge in [-0.1, -0.05) is 104 Å². The summed E-state index contributed by atoms with van der Waals surface area (Å²) in [5.41, 5.74) is 0. The second-order valence-electron chi connectivity index (χ2n) is 11.5. The molecule has 0 aliphatic rings. The van der Waals surface area contributed by atoms with Gasteiger partial charge in [-0.25, -0.2) is 0 Å². The van der Waals surface area contributed by atoms with E-state index in [9.17, 15) is 0 Å². The Morgan fingerprint density at radius 3 is 0.533 bits per heavy atom. The molecule has 0 unspecified atom stereocenters. The third kappa shape index (κ3) is 43.6. The fraction of sp³-hybridized carbons (Fsp3) is 1.00. The Morgan fingerprint density at radius 1 is 0.178 bits per heavy atom. The van der Waals surface area contributed by atoms with Gasteiger partial charge in [-0.3, -0.25) is 0 Å². The molecule has 9 nitrogen and oxygen atoms in total. The first-order valence-corrected chi connectivity index (χ1v) is 18.6. The van der Waals surface area contributed by atoms with E-state index in [-0.39, 0.29) is 0 Å². The van der Waals surface area contributed by atoms with Crippen LogP contribution in [-0.2, 0) is 42.6 Å². The van der Waals surface area contributed by atoms with Gasteiger partial charge in [-0.2, -0.15) is 0 Å². The SMILES string of the molecule is CCCCCCCCCCOCCOCCOCCOCCOCCOCCOCCOCCOCCCCCCCCCC. The third-order valence-electron chi connectivity index (χ3n) is 7.26. The predicted molar refractivity (Wildman–Crippen MR) is 183 cm³/mol. The lowest BCUT2D eigenvalue weighted by atomic mass is 10.1. The highest BCUT2D eigenvalue weighted by Crippen LogP contribution is 2.09. The summed E-state index contributed by atoms with van der Waals surface area (Å²) >= 11 is 0. The van der Waals surface area contributed by atoms with Crippen LogP contribution in [0.15, 0.2) is 0 Å². The van der Waals surface area contributed by atoms with Crippen molar-refractivity contribution >= 4 is 0 Å². The van der Waals surface area contributed by atoms with Crippen LogP contribution >= 0.6 is 0 Å². The molecule has 0 bridgehead atoms. The molecule has 0 saturated carbocycles. The van der Waals surface area contributed by atoms with Crippen molar-refractivity contribution in [3.8, 4) is 0 Å². The Bertz CT molecular complexity index is 457. The van der Waals surface area contributed by atoms with Crippen LogP contribution in [0.5, 0.6) is 0 Å². The molecule has 0 rings (SSSR count). The summed E-state index contributed by atoms with van der Waals surface area (Å²) in [6, 6.07) is 0. The summed E-state index contributed by atoms with van der Waals surface area (Å²) in [5.74, 6) is 0. The van der Waals surface area contributed by atoms with Crippen molar-refractivity contribution in [2.45, 2.75) is 117 Å². The minimum Gasteiger partial charge on any atom is -0.379 e. The number of unbranched alkanes of at least 4 members (excludes halogenated alkanes) is 14. The summed E-state index contributed by atoms with van der Waals surface area (Å²) < 4.78 is 49.9. The predicted octanol–water partition coefficient (Wildman–Crippen LogP) is 7.42. The van der Waals surface area contributed by atoms with Gasteiger partial charge < -0.3 is 42.6 Å². The van der Waals surface area contributed by atoms with Crippen LogP contribution < -0.4 is 0 Å². The van der Waals surface area contributed by atoms with E-state index in [1.165, 1.54) is 89.9 Å². The minimum atomic E-state index is 0.544. The Morgan fingerprint density at radius 2 is 0.333 bits per heavy atom. The quantitative estimate of drug-likeness (QED) is 0.0627. The van der Waals surface area contributed by atoms with Gasteiger partial charge in [0.15, 0.2) is 0 Å². The average molecular weight is 651 g/mol. The van der Waals surface area contributed by atoms with Crippen LogP contribution in [0.3, 0.4) is 0 Å². The zero-order valence-electron chi connectivity index (χ0n) is 29.7. The number of ether oxygens (including phenoxy) is 9. The maximum Gasteiger partial charge on any atom is 0.0701 e. The van der Waals surface area contributed by atoms with Crippen molar-refractivity contribution < 1.29 is 42.6 Å². The van der Waals surface area contributed by atoms with Gasteiger partial charge in [0.1, 0.15) is 0 Å². The summed E-state index contributed by atoms with van der Waals surface area (Å²) in [4.78, 5) is 0. The summed E-state index contributed by atoms with van der Waals surface area (Å²) in [6.07, 6.45) is 21.2. The molecular formula is C36H74O9. The molecule has 0 amide bonds. The fourth-order valence-corrected chi connectivity index (χ4v) is 4.54. The Labute approximate surface area is 278 Å². The molecule has 45 heavy (non-hydrogen) atoms. The van der Waals surface area contributed by atoms with Gasteiger partial charge in [-0.05, 0) is 12.8 Å². The molecule has 0 fully saturated rings. The molecule has 0 radical (unpaired) electrons. The second kappa shape index (κ2) is 43.6. The smallest absolute Gasteiger partial charge is 0.0701 e. The highest BCUT2D eigenvalue weighted by atomic mass is 16.6. The van der Waals surface area contributed by atoms with Gasteiger partial charge in [0, 0.05) is 13.2 Å². The standard InChI is InChI=1S/C36H74O9/c1-3-5-7-9-11-13-15-17-19-37-21-23-39-25-27-41-29-31-43-33-35-45-36-34-44-32-30-42-28-26-40-24-22-38-20-18-16-14-12-10-8-6-4-2/h3-36H2,1-2H3. The molecule has 0 heterocycles. The van der Waals surface area contributed by atoms with Crippen molar-refractivity contribution in [2.24, 2.45) is 0 Å². The molecule has 9 heteroatoms. The summed E-state index contributed by atoms with van der Waals surface area (Å²) in [5, 5.41) is 0. The van der Waals surface area contributed by atoms with Gasteiger partial charge >= 0.3 is 0 Å². The van der Waals surface area contributed by atoms with Crippen LogP contribution in [0.2, 0.25) is 0 Å². The van der Waals surface area contributed by atoms with E-state index < -0.39 is 0 Å². The molecule has 0 aliphatic carbocycles. The number of hydrogen-bond donors (Lipinski definition) is 0. The van der Waals surface area contributed by atoms with Crippen molar-refractivity contribution in [3.63, 3.8) is 0 Å². The molecule has 0 N–H and O–H groups in total. The van der Waals surface area contributed by atoms with Crippen molar-refractivity contribution in [1.29, 1.82) is 0 Å². The zero-order chi connectivity index (χ0) is 32.4. The molecule has 0 spiro atoms. The van der Waals surface area contributed by atoms with Crippen LogP contribution in [0, 0.1) is 0 Å². The first-order chi connectivity index (χ1) is 22.4. The van der Waals surface area contributed by atoms with Gasteiger partial charge in [0.2, 0.25) is 0 Å². The van der Waals surface area contributed by atoms with Gasteiger partial charge in [0.05, 0.1) is 106 Å². The lowest BCUT2D eigenvalue weighted by Gasteiger charge is -2.09. The minimum absolute atomic E-state index is 0.544. The Hall–Kier alpha value is -0.360. The van der Waals surface area contributed by atoms with E-state index >= 15 is 0 Å². The number of rotatable bonds is 42. The molecule has 0 saturated heterocycles. The molecular weight excluding hydrogens is 576 g/mol. The van der Waals surface area contributed by atoms with E-state index in [4.69, 9.17) is 42.6 Å². The average Bonchev–Trinajstić information content (AvgIpc) is 3.05. The molecule has 0 atom stereocenters. The molecule has 272 valence electrons. The molecule has 0 aromatic rings. The molecule has 0 aliphatic heterocycles. The van der Waals surface area contributed by atoms with Crippen LogP contribution in [0.1, 0.15) is 117 Å². The van der Waals surface area contributed by atoms with Crippen molar-refractivity contribution in [1.82, 2.24) is 0 Å². The first-order valence-electron chi connectivity index (χ1n) is 18.6. The summed E-state index contributed by atoms with van der Waals surface area (Å²) in [6.45, 7) is 15.4. The van der Waals surface area contributed by atoms with E-state index in [0.29, 0.717) is 106 Å². The lowest BCUT2D eigenvalue weighted by molar-refractivity contribution is -0.0250. The van der Waals surface area contributed by atoms with Crippen molar-refractivity contribution in [3.05, 3.63) is 0 Å². The zero-order valence-corrected chi connectivity index (χ0v) is 29.7. The largest absolute Gasteiger partial charge is 0.379 e. The second-order valence-corrected chi connectivity index (χ2v) is 11.5. The first kappa shape index (κ1) is 44.6. The summed E-state index contributed by atoms with van der Waals surface area (Å²) in [7, 11) is 0. The van der Waals surface area contributed by atoms with Crippen molar-refractivity contribution in [2.75, 3.05) is 119 Å². The normalized spacial score (nSPS) is 11.6. The third-order valence-corrected chi connectivity index (χ3v) is 7.26. The Balaban J connectivity index is 3.03. The topological polar surface area (TPSA) is 83.1 Å². The molecule has 0 aromatic heterocycles. The van der Waals surface area contributed by atoms with Crippen LogP contribution in [0.25, 0.3) is 0 Å². The highest BCUT2D eigenvalue weighted by Gasteiger charge is 1.97. The van der Waals surface area contributed by atoms with Crippen LogP contribution in [0.4, 0.5) is 0 Å². The van der Waals surface area contributed by atoms with Gasteiger partial charge in [-0.15, -0.1) is 0 Å². The van der Waals surface area contributed by atoms with E-state index in [0.717, 1.165) is 26.1 Å². The van der Waals surface area contributed by atoms with E-state index in [1.54, 1.807) is 0 Å². The van der Waals surface area contributed by atoms with Crippen LogP contribution in [-0.4, -0.2) is 119 Å². The lowest BCUT2D eigenvalue weighted by Crippen LogP contribution is -2.15. The number of hydrogen-bond acceptors (Lipinski definition) is 9. The van der Waals surface area contributed by atoms with Gasteiger partial charge in [0.25, 0.3) is 0 Å². The van der Waals surface area contributed by atoms with E-state index in [2.05, 4.69) is 13.8 Å². The monoisotopic (exact) mass is 651 g/mol. The maximum absolute atomic E-state index is 5.63. The fourth-order valence-electron chi connectivity index (χ4n) is 4.54. The maximum atomic E-state index is 5.63. The van der Waals surface area contributed by atoms with E-state index in [1.807, 2.05) is 0 Å².